The lowest BCUT2D eigenvalue weighted by Gasteiger charge is -2.09. The smallest absolute Gasteiger partial charge is 0.283 e. The van der Waals surface area contributed by atoms with Crippen LogP contribution in [0.1, 0.15) is 42.1 Å². The minimum absolute atomic E-state index is 0.0706. The second-order valence-corrected chi connectivity index (χ2v) is 6.76. The van der Waals surface area contributed by atoms with Crippen molar-refractivity contribution in [2.24, 2.45) is 0 Å². The molecule has 1 N–H and O–H groups in total. The Morgan fingerprint density at radius 3 is 2.78 bits per heavy atom. The molecule has 0 saturated heterocycles. The third-order valence-corrected chi connectivity index (χ3v) is 4.84. The number of halogens is 3. The monoisotopic (exact) mass is 439 g/mol. The summed E-state index contributed by atoms with van der Waals surface area (Å²) in [6.07, 6.45) is -1.12. The Bertz CT molecular complexity index is 966. The Kier molecular flexibility index (Phi) is 5.18. The predicted molar refractivity (Wildman–Crippen MR) is 93.3 cm³/mol. The van der Waals surface area contributed by atoms with Gasteiger partial charge in [0.25, 0.3) is 12.1 Å². The average molecular weight is 440 g/mol. The first-order chi connectivity index (χ1) is 12.8. The number of nitro groups is 1. The van der Waals surface area contributed by atoms with Crippen LogP contribution in [-0.4, -0.2) is 20.6 Å². The molecule has 2 aromatic rings. The quantitative estimate of drug-likeness (QED) is 0.541. The zero-order valence-corrected chi connectivity index (χ0v) is 15.2. The minimum atomic E-state index is -2.78. The van der Waals surface area contributed by atoms with E-state index in [9.17, 15) is 23.7 Å². The number of alkyl halides is 2. The number of nitrogens with zero attached hydrogens (tertiary/aromatic N) is 4. The molecule has 140 valence electrons. The number of aromatic nitrogens is 2. The van der Waals surface area contributed by atoms with Gasteiger partial charge in [-0.15, -0.1) is 0 Å². The number of nitrogens with one attached hydrogen (secondary N) is 1. The fourth-order valence-corrected chi connectivity index (χ4v) is 3.43. The van der Waals surface area contributed by atoms with E-state index in [0.29, 0.717) is 5.69 Å². The number of carbonyl (C=O) groups excluding carboxylic acids is 1. The third-order valence-electron chi connectivity index (χ3n) is 4.03. The van der Waals surface area contributed by atoms with Crippen LogP contribution in [-0.2, 0) is 11.3 Å². The largest absolute Gasteiger partial charge is 0.323 e. The highest BCUT2D eigenvalue weighted by molar-refractivity contribution is 9.10. The Labute approximate surface area is 160 Å². The molecule has 3 rings (SSSR count). The van der Waals surface area contributed by atoms with E-state index in [1.54, 1.807) is 6.07 Å². The highest BCUT2D eigenvalue weighted by Gasteiger charge is 2.34. The molecule has 0 spiro atoms. The number of amides is 1. The van der Waals surface area contributed by atoms with Crippen molar-refractivity contribution in [3.05, 3.63) is 49.7 Å². The molecule has 8 nitrogen and oxygen atoms in total. The van der Waals surface area contributed by atoms with Crippen molar-refractivity contribution in [2.75, 3.05) is 5.32 Å². The summed E-state index contributed by atoms with van der Waals surface area (Å²) in [5, 5.41) is 26.2. The van der Waals surface area contributed by atoms with Crippen LogP contribution in [0.5, 0.6) is 0 Å². The second-order valence-electron chi connectivity index (χ2n) is 5.96. The lowest BCUT2D eigenvalue weighted by atomic mass is 10.1. The SMILES string of the molecule is N#Cc1cc([N+](=O)[O-])ccc1NC(=O)Cn1nc(C(F)F)c(Br)c1C1CC1. The highest BCUT2D eigenvalue weighted by Crippen LogP contribution is 2.45. The van der Waals surface area contributed by atoms with Crippen LogP contribution in [0.15, 0.2) is 22.7 Å². The van der Waals surface area contributed by atoms with Crippen LogP contribution in [0, 0.1) is 21.4 Å². The van der Waals surface area contributed by atoms with Gasteiger partial charge in [0.05, 0.1) is 26.3 Å². The zero-order chi connectivity index (χ0) is 19.7. The molecule has 27 heavy (non-hydrogen) atoms. The number of carbonyl (C=O) groups is 1. The predicted octanol–water partition coefficient (Wildman–Crippen LogP) is 3.88. The van der Waals surface area contributed by atoms with E-state index in [4.69, 9.17) is 5.26 Å². The maximum absolute atomic E-state index is 13.1. The molecule has 1 heterocycles. The Hall–Kier alpha value is -2.87. The lowest BCUT2D eigenvalue weighted by molar-refractivity contribution is -0.384. The van der Waals surface area contributed by atoms with Gasteiger partial charge in [-0.25, -0.2) is 8.78 Å². The summed E-state index contributed by atoms with van der Waals surface area (Å²) in [5.74, 6) is -0.515. The summed E-state index contributed by atoms with van der Waals surface area (Å²) < 4.78 is 27.6. The van der Waals surface area contributed by atoms with Gasteiger partial charge in [-0.3, -0.25) is 19.6 Å². The van der Waals surface area contributed by atoms with E-state index in [0.717, 1.165) is 25.0 Å². The highest BCUT2D eigenvalue weighted by atomic mass is 79.9. The molecule has 0 atom stereocenters. The van der Waals surface area contributed by atoms with Gasteiger partial charge in [-0.05, 0) is 34.8 Å². The number of anilines is 1. The van der Waals surface area contributed by atoms with E-state index in [2.05, 4.69) is 26.3 Å². The lowest BCUT2D eigenvalue weighted by Crippen LogP contribution is -2.21. The van der Waals surface area contributed by atoms with Crippen LogP contribution >= 0.6 is 15.9 Å². The summed E-state index contributed by atoms with van der Waals surface area (Å²) >= 11 is 3.14. The number of nitro benzene ring substituents is 1. The summed E-state index contributed by atoms with van der Waals surface area (Å²) in [6.45, 7) is -0.320. The van der Waals surface area contributed by atoms with Crippen LogP contribution < -0.4 is 5.32 Å². The van der Waals surface area contributed by atoms with Crippen molar-refractivity contribution in [3.8, 4) is 6.07 Å². The first-order valence-electron chi connectivity index (χ1n) is 7.84. The Morgan fingerprint density at radius 2 is 2.22 bits per heavy atom. The van der Waals surface area contributed by atoms with Gasteiger partial charge in [-0.1, -0.05) is 0 Å². The van der Waals surface area contributed by atoms with Crippen LogP contribution in [0.4, 0.5) is 20.2 Å². The van der Waals surface area contributed by atoms with Gasteiger partial charge >= 0.3 is 0 Å². The molecule has 1 fully saturated rings. The molecule has 0 unspecified atom stereocenters. The van der Waals surface area contributed by atoms with E-state index in [1.807, 2.05) is 0 Å². The molecule has 0 bridgehead atoms. The van der Waals surface area contributed by atoms with Crippen molar-refractivity contribution >= 4 is 33.2 Å². The molecule has 0 aliphatic heterocycles. The van der Waals surface area contributed by atoms with Gasteiger partial charge in [0, 0.05) is 18.1 Å². The number of hydrogen-bond acceptors (Lipinski definition) is 5. The topological polar surface area (TPSA) is 114 Å². The third kappa shape index (κ3) is 3.95. The normalized spacial score (nSPS) is 13.4. The van der Waals surface area contributed by atoms with Crippen molar-refractivity contribution in [3.63, 3.8) is 0 Å². The van der Waals surface area contributed by atoms with Crippen LogP contribution in [0.3, 0.4) is 0 Å². The molecule has 1 amide bonds. The van der Waals surface area contributed by atoms with Gasteiger partial charge in [0.1, 0.15) is 18.3 Å². The van der Waals surface area contributed by atoms with Crippen LogP contribution in [0.2, 0.25) is 0 Å². The van der Waals surface area contributed by atoms with E-state index in [-0.39, 0.29) is 33.9 Å². The number of non-ortho nitro benzene ring substituents is 1. The van der Waals surface area contributed by atoms with Crippen molar-refractivity contribution in [1.82, 2.24) is 9.78 Å². The number of hydrogen-bond donors (Lipinski definition) is 1. The standard InChI is InChI=1S/C16H12BrF2N5O3/c17-13-14(16(18)19)22-23(15(13)8-1-2-8)7-12(25)21-11-4-3-10(24(26)27)5-9(11)6-20/h3-5,8,16H,1-2,7H2,(H,21,25). The Morgan fingerprint density at radius 1 is 1.52 bits per heavy atom. The molecule has 1 aromatic heterocycles. The number of rotatable bonds is 6. The van der Waals surface area contributed by atoms with Crippen LogP contribution in [0.25, 0.3) is 0 Å². The maximum Gasteiger partial charge on any atom is 0.283 e. The van der Waals surface area contributed by atoms with Crippen molar-refractivity contribution in [2.45, 2.75) is 31.7 Å². The molecule has 0 radical (unpaired) electrons. The first-order valence-corrected chi connectivity index (χ1v) is 8.63. The van der Waals surface area contributed by atoms with Gasteiger partial charge < -0.3 is 5.32 Å². The molecule has 11 heteroatoms. The van der Waals surface area contributed by atoms with E-state index >= 15 is 0 Å². The molecule has 1 aromatic carbocycles. The van der Waals surface area contributed by atoms with Crippen molar-refractivity contribution < 1.29 is 18.5 Å². The van der Waals surface area contributed by atoms with Gasteiger partial charge in [-0.2, -0.15) is 10.4 Å². The molecule has 1 aliphatic carbocycles. The summed E-state index contributed by atoms with van der Waals surface area (Å²) in [5.41, 5.74) is -0.128. The fraction of sp³-hybridized carbons (Fsp3) is 0.312. The first kappa shape index (κ1) is 18.9. The molecule has 1 saturated carbocycles. The van der Waals surface area contributed by atoms with Gasteiger partial charge in [0.15, 0.2) is 0 Å². The van der Waals surface area contributed by atoms with Crippen molar-refractivity contribution in [1.29, 1.82) is 5.26 Å². The Balaban J connectivity index is 1.82. The number of benzene rings is 1. The fourth-order valence-electron chi connectivity index (χ4n) is 2.65. The van der Waals surface area contributed by atoms with E-state index < -0.39 is 22.9 Å². The number of nitriles is 1. The van der Waals surface area contributed by atoms with Gasteiger partial charge in [0.2, 0.25) is 5.91 Å². The second kappa shape index (κ2) is 7.40. The average Bonchev–Trinajstić information content (AvgIpc) is 3.39. The summed E-state index contributed by atoms with van der Waals surface area (Å²) in [6, 6.07) is 5.23. The molecular formula is C16H12BrF2N5O3. The minimum Gasteiger partial charge on any atom is -0.323 e. The maximum atomic E-state index is 13.1. The summed E-state index contributed by atoms with van der Waals surface area (Å²) in [4.78, 5) is 22.5. The molecular weight excluding hydrogens is 428 g/mol. The zero-order valence-electron chi connectivity index (χ0n) is 13.7. The molecule has 1 aliphatic rings. The van der Waals surface area contributed by atoms with E-state index in [1.165, 1.54) is 10.7 Å². The summed E-state index contributed by atoms with van der Waals surface area (Å²) in [7, 11) is 0.